The van der Waals surface area contributed by atoms with Gasteiger partial charge in [0, 0.05) is 25.2 Å². The molecule has 0 heterocycles. The zero-order valence-electron chi connectivity index (χ0n) is 14.3. The van der Waals surface area contributed by atoms with Gasteiger partial charge < -0.3 is 4.74 Å². The first-order chi connectivity index (χ1) is 11.5. The Balaban J connectivity index is 1.46. The maximum absolute atomic E-state index is 13.2. The Morgan fingerprint density at radius 2 is 1.72 bits per heavy atom. The third-order valence-electron chi connectivity index (χ3n) is 6.19. The van der Waals surface area contributed by atoms with Crippen molar-refractivity contribution >= 4 is 11.8 Å². The average Bonchev–Trinajstić information content (AvgIpc) is 2.50. The number of Topliss-reactive ketones (excluding diaryl/α,β-unsaturated/α-hetero) is 1. The number of alkyl halides is 4. The standard InChI is InChI=1S/C18H24F4O3/c1-16(19,20)18(21,22)4-2-3-5-25-15(24)17-8-11-6-12(9-17)14(23)13(7-11)10-17/h11-13H,2-10H2,1H3. The van der Waals surface area contributed by atoms with Gasteiger partial charge in [-0.1, -0.05) is 0 Å². The highest BCUT2D eigenvalue weighted by Crippen LogP contribution is 2.59. The number of carbonyl (C=O) groups is 2. The van der Waals surface area contributed by atoms with E-state index in [-0.39, 0.29) is 50.0 Å². The topological polar surface area (TPSA) is 43.4 Å². The molecule has 3 nitrogen and oxygen atoms in total. The van der Waals surface area contributed by atoms with Crippen LogP contribution in [0.5, 0.6) is 0 Å². The van der Waals surface area contributed by atoms with Gasteiger partial charge in [-0.2, -0.15) is 8.78 Å². The van der Waals surface area contributed by atoms with Crippen LogP contribution in [-0.2, 0) is 14.3 Å². The summed E-state index contributed by atoms with van der Waals surface area (Å²) in [6.45, 7) is 0.168. The first-order valence-electron chi connectivity index (χ1n) is 9.01. The summed E-state index contributed by atoms with van der Waals surface area (Å²) in [5.74, 6) is -7.83. The van der Waals surface area contributed by atoms with Gasteiger partial charge in [0.1, 0.15) is 5.78 Å². The van der Waals surface area contributed by atoms with Crippen molar-refractivity contribution < 1.29 is 31.9 Å². The molecule has 4 bridgehead atoms. The quantitative estimate of drug-likeness (QED) is 0.382. The lowest BCUT2D eigenvalue weighted by Gasteiger charge is -2.53. The molecule has 0 aromatic carbocycles. The van der Waals surface area contributed by atoms with E-state index in [1.807, 2.05) is 0 Å². The molecule has 25 heavy (non-hydrogen) atoms. The summed E-state index contributed by atoms with van der Waals surface area (Å²) in [6.07, 6.45) is 2.61. The van der Waals surface area contributed by atoms with Gasteiger partial charge in [-0.05, 0) is 50.9 Å². The van der Waals surface area contributed by atoms with E-state index < -0.39 is 23.7 Å². The van der Waals surface area contributed by atoms with Gasteiger partial charge in [-0.25, -0.2) is 8.78 Å². The fourth-order valence-corrected chi connectivity index (χ4v) is 4.98. The predicted octanol–water partition coefficient (Wildman–Crippen LogP) is 4.39. The highest BCUT2D eigenvalue weighted by molar-refractivity contribution is 5.89. The second kappa shape index (κ2) is 6.23. The number of carbonyl (C=O) groups excluding carboxylic acids is 2. The van der Waals surface area contributed by atoms with E-state index in [9.17, 15) is 27.2 Å². The minimum atomic E-state index is -4.05. The molecule has 0 amide bonds. The average molecular weight is 364 g/mol. The van der Waals surface area contributed by atoms with Crippen LogP contribution in [0.15, 0.2) is 0 Å². The summed E-state index contributed by atoms with van der Waals surface area (Å²) in [7, 11) is 0. The van der Waals surface area contributed by atoms with E-state index in [0.29, 0.717) is 18.8 Å². The summed E-state index contributed by atoms with van der Waals surface area (Å²) in [5, 5.41) is 0. The number of ether oxygens (including phenoxy) is 1. The molecule has 4 fully saturated rings. The second-order valence-corrected chi connectivity index (χ2v) is 8.21. The minimum absolute atomic E-state index is 0.0377. The molecule has 0 aliphatic heterocycles. The smallest absolute Gasteiger partial charge is 0.312 e. The molecule has 0 aromatic rings. The van der Waals surface area contributed by atoms with Crippen molar-refractivity contribution in [2.24, 2.45) is 23.2 Å². The third kappa shape index (κ3) is 3.43. The van der Waals surface area contributed by atoms with E-state index in [2.05, 4.69) is 0 Å². The highest BCUT2D eigenvalue weighted by atomic mass is 19.3. The molecule has 4 aliphatic rings. The van der Waals surface area contributed by atoms with E-state index >= 15 is 0 Å². The molecular weight excluding hydrogens is 340 g/mol. The van der Waals surface area contributed by atoms with E-state index in [4.69, 9.17) is 4.74 Å². The van der Waals surface area contributed by atoms with Crippen LogP contribution in [0.3, 0.4) is 0 Å². The fourth-order valence-electron chi connectivity index (χ4n) is 4.98. The molecule has 0 saturated heterocycles. The number of unbranched alkanes of at least 4 members (excludes halogenated alkanes) is 1. The molecule has 2 atom stereocenters. The van der Waals surface area contributed by atoms with Crippen LogP contribution in [0.2, 0.25) is 0 Å². The lowest BCUT2D eigenvalue weighted by Crippen LogP contribution is -2.54. The van der Waals surface area contributed by atoms with Crippen LogP contribution in [-0.4, -0.2) is 30.2 Å². The molecule has 7 heteroatoms. The van der Waals surface area contributed by atoms with E-state index in [1.165, 1.54) is 0 Å². The second-order valence-electron chi connectivity index (χ2n) is 8.21. The minimum Gasteiger partial charge on any atom is -0.465 e. The molecule has 4 saturated carbocycles. The Hall–Kier alpha value is -1.14. The number of esters is 1. The van der Waals surface area contributed by atoms with Gasteiger partial charge in [0.15, 0.2) is 0 Å². The summed E-state index contributed by atoms with van der Waals surface area (Å²) >= 11 is 0. The zero-order chi connectivity index (χ0) is 18.5. The highest BCUT2D eigenvalue weighted by Gasteiger charge is 2.59. The number of halogens is 4. The lowest BCUT2D eigenvalue weighted by molar-refractivity contribution is -0.201. The largest absolute Gasteiger partial charge is 0.465 e. The predicted molar refractivity (Wildman–Crippen MR) is 81.4 cm³/mol. The van der Waals surface area contributed by atoms with Crippen LogP contribution < -0.4 is 0 Å². The molecule has 0 radical (unpaired) electrons. The Bertz CT molecular complexity index is 537. The van der Waals surface area contributed by atoms with Crippen molar-refractivity contribution in [2.75, 3.05) is 6.61 Å². The SMILES string of the molecule is CC(F)(F)C(F)(F)CCCCOC(=O)C12CC3CC(C1)C(=O)C(C3)C2. The van der Waals surface area contributed by atoms with E-state index in [1.54, 1.807) is 0 Å². The van der Waals surface area contributed by atoms with Gasteiger partial charge >= 0.3 is 17.8 Å². The Kier molecular flexibility index (Phi) is 4.65. The molecule has 2 unspecified atom stereocenters. The maximum Gasteiger partial charge on any atom is 0.312 e. The van der Waals surface area contributed by atoms with Crippen molar-refractivity contribution in [3.05, 3.63) is 0 Å². The fraction of sp³-hybridized carbons (Fsp3) is 0.889. The van der Waals surface area contributed by atoms with Gasteiger partial charge in [0.2, 0.25) is 0 Å². The van der Waals surface area contributed by atoms with E-state index in [0.717, 1.165) is 19.3 Å². The van der Waals surface area contributed by atoms with Crippen molar-refractivity contribution in [1.82, 2.24) is 0 Å². The summed E-state index contributed by atoms with van der Waals surface area (Å²) in [4.78, 5) is 24.6. The normalized spacial score (nSPS) is 34.4. The van der Waals surface area contributed by atoms with Gasteiger partial charge in [-0.15, -0.1) is 0 Å². The first-order valence-corrected chi connectivity index (χ1v) is 9.01. The van der Waals surface area contributed by atoms with Crippen molar-refractivity contribution in [3.63, 3.8) is 0 Å². The van der Waals surface area contributed by atoms with Crippen molar-refractivity contribution in [1.29, 1.82) is 0 Å². The van der Waals surface area contributed by atoms with Gasteiger partial charge in [0.05, 0.1) is 12.0 Å². The third-order valence-corrected chi connectivity index (χ3v) is 6.19. The van der Waals surface area contributed by atoms with Gasteiger partial charge in [0.25, 0.3) is 0 Å². The molecule has 142 valence electrons. The molecule has 0 N–H and O–H groups in total. The zero-order valence-corrected chi connectivity index (χ0v) is 14.3. The summed E-state index contributed by atoms with van der Waals surface area (Å²) in [6, 6.07) is 0. The van der Waals surface area contributed by atoms with Crippen LogP contribution >= 0.6 is 0 Å². The monoisotopic (exact) mass is 364 g/mol. The summed E-state index contributed by atoms with van der Waals surface area (Å²) in [5.41, 5.74) is -0.592. The number of ketones is 1. The maximum atomic E-state index is 13.2. The van der Waals surface area contributed by atoms with Crippen LogP contribution in [0.4, 0.5) is 17.6 Å². The molecule has 0 aromatic heterocycles. The molecule has 0 spiro atoms. The lowest BCUT2D eigenvalue weighted by atomic mass is 9.49. The van der Waals surface area contributed by atoms with Crippen LogP contribution in [0, 0.1) is 23.2 Å². The van der Waals surface area contributed by atoms with Crippen molar-refractivity contribution in [2.45, 2.75) is 70.1 Å². The first kappa shape index (κ1) is 18.6. The Labute approximate surface area is 144 Å². The Morgan fingerprint density at radius 1 is 1.12 bits per heavy atom. The number of rotatable bonds is 7. The molecular formula is C18H24F4O3. The van der Waals surface area contributed by atoms with Crippen LogP contribution in [0.25, 0.3) is 0 Å². The van der Waals surface area contributed by atoms with Crippen molar-refractivity contribution in [3.8, 4) is 0 Å². The molecule has 4 rings (SSSR count). The summed E-state index contributed by atoms with van der Waals surface area (Å²) < 4.78 is 57.1. The van der Waals surface area contributed by atoms with Crippen LogP contribution in [0.1, 0.15) is 58.3 Å². The molecule has 4 aliphatic carbocycles. The van der Waals surface area contributed by atoms with Gasteiger partial charge in [-0.3, -0.25) is 9.59 Å². The number of hydrogen-bond acceptors (Lipinski definition) is 3. The number of hydrogen-bond donors (Lipinski definition) is 0. The Morgan fingerprint density at radius 3 is 2.28 bits per heavy atom.